The van der Waals surface area contributed by atoms with Crippen LogP contribution < -0.4 is 0 Å². The predicted octanol–water partition coefficient (Wildman–Crippen LogP) is 1.73. The Bertz CT molecular complexity index is 550. The molecule has 1 heterocycles. The molecule has 4 heteroatoms. The van der Waals surface area contributed by atoms with E-state index in [-0.39, 0.29) is 0 Å². The van der Waals surface area contributed by atoms with Crippen molar-refractivity contribution in [2.24, 2.45) is 0 Å². The van der Waals surface area contributed by atoms with Crippen molar-refractivity contribution in [2.45, 2.75) is 25.3 Å². The lowest BCUT2D eigenvalue weighted by molar-refractivity contribution is -0.0379. The molecule has 2 aromatic rings. The average Bonchev–Trinajstić information content (AvgIpc) is 2.60. The summed E-state index contributed by atoms with van der Waals surface area (Å²) in [7, 11) is 0. The Hall–Kier alpha value is -1.72. The van der Waals surface area contributed by atoms with Crippen LogP contribution in [0.2, 0.25) is 0 Å². The van der Waals surface area contributed by atoms with Gasteiger partial charge in [0.25, 0.3) is 0 Å². The second kappa shape index (κ2) is 8.40. The summed E-state index contributed by atoms with van der Waals surface area (Å²) in [5, 5.41) is 20.6. The molecule has 3 rings (SSSR count). The van der Waals surface area contributed by atoms with Crippen molar-refractivity contribution in [2.75, 3.05) is 26.2 Å². The first-order valence-corrected chi connectivity index (χ1v) is 8.59. The zero-order valence-electron chi connectivity index (χ0n) is 14.0. The molecule has 1 fully saturated rings. The van der Waals surface area contributed by atoms with E-state index in [0.717, 1.165) is 26.2 Å². The third-order valence-electron chi connectivity index (χ3n) is 4.57. The van der Waals surface area contributed by atoms with Crippen LogP contribution in [0.5, 0.6) is 0 Å². The molecule has 1 aliphatic rings. The second-order valence-corrected chi connectivity index (χ2v) is 6.58. The first kappa shape index (κ1) is 17.1. The maximum absolute atomic E-state index is 10.3. The number of nitrogens with zero attached hydrogens (tertiary/aromatic N) is 2. The van der Waals surface area contributed by atoms with E-state index in [0.29, 0.717) is 13.1 Å². The molecule has 24 heavy (non-hydrogen) atoms. The molecule has 4 nitrogen and oxygen atoms in total. The van der Waals surface area contributed by atoms with E-state index in [9.17, 15) is 10.2 Å². The monoisotopic (exact) mass is 326 g/mol. The van der Waals surface area contributed by atoms with E-state index in [2.05, 4.69) is 34.1 Å². The van der Waals surface area contributed by atoms with Gasteiger partial charge in [0.15, 0.2) is 0 Å². The lowest BCUT2D eigenvalue weighted by Crippen LogP contribution is -2.50. The molecule has 2 aromatic carbocycles. The first-order chi connectivity index (χ1) is 11.7. The smallest absolute Gasteiger partial charge is 0.0938 e. The van der Waals surface area contributed by atoms with Gasteiger partial charge < -0.3 is 10.2 Å². The lowest BCUT2D eigenvalue weighted by atomic mass is 10.1. The topological polar surface area (TPSA) is 46.9 Å². The second-order valence-electron chi connectivity index (χ2n) is 6.58. The van der Waals surface area contributed by atoms with Crippen LogP contribution in [-0.4, -0.2) is 58.4 Å². The van der Waals surface area contributed by atoms with Gasteiger partial charge in [-0.15, -0.1) is 0 Å². The molecule has 1 aliphatic heterocycles. The van der Waals surface area contributed by atoms with Crippen LogP contribution in [0.4, 0.5) is 0 Å². The molecule has 0 radical (unpaired) electrons. The summed E-state index contributed by atoms with van der Waals surface area (Å²) in [6.07, 6.45) is -1.43. The van der Waals surface area contributed by atoms with Crippen molar-refractivity contribution in [3.63, 3.8) is 0 Å². The zero-order chi connectivity index (χ0) is 16.8. The summed E-state index contributed by atoms with van der Waals surface area (Å²) < 4.78 is 0. The average molecular weight is 326 g/mol. The van der Waals surface area contributed by atoms with E-state index in [1.165, 1.54) is 11.1 Å². The molecule has 0 aromatic heterocycles. The van der Waals surface area contributed by atoms with Crippen molar-refractivity contribution in [3.05, 3.63) is 71.8 Å². The summed E-state index contributed by atoms with van der Waals surface area (Å²) in [6.45, 7) is 4.37. The summed E-state index contributed by atoms with van der Waals surface area (Å²) >= 11 is 0. The predicted molar refractivity (Wildman–Crippen MR) is 95.5 cm³/mol. The van der Waals surface area contributed by atoms with E-state index >= 15 is 0 Å². The Morgan fingerprint density at radius 3 is 1.42 bits per heavy atom. The van der Waals surface area contributed by atoms with Crippen LogP contribution in [-0.2, 0) is 13.1 Å². The summed E-state index contributed by atoms with van der Waals surface area (Å²) in [5.74, 6) is 0. The minimum atomic E-state index is -0.715. The van der Waals surface area contributed by atoms with Crippen molar-refractivity contribution in [3.8, 4) is 0 Å². The van der Waals surface area contributed by atoms with Gasteiger partial charge in [-0.25, -0.2) is 0 Å². The molecular formula is C20H26N2O2. The summed E-state index contributed by atoms with van der Waals surface area (Å²) in [6, 6.07) is 20.6. The third kappa shape index (κ3) is 4.89. The van der Waals surface area contributed by atoms with E-state index in [4.69, 9.17) is 0 Å². The molecule has 0 bridgehead atoms. The highest BCUT2D eigenvalue weighted by Crippen LogP contribution is 2.13. The van der Waals surface area contributed by atoms with Crippen LogP contribution in [0.3, 0.4) is 0 Å². The maximum Gasteiger partial charge on any atom is 0.0938 e. The van der Waals surface area contributed by atoms with Crippen molar-refractivity contribution in [1.82, 2.24) is 9.80 Å². The first-order valence-electron chi connectivity index (χ1n) is 8.59. The fourth-order valence-electron chi connectivity index (χ4n) is 3.21. The highest BCUT2D eigenvalue weighted by molar-refractivity contribution is 5.15. The highest BCUT2D eigenvalue weighted by atomic mass is 16.3. The molecule has 0 amide bonds. The molecule has 2 atom stereocenters. The number of aliphatic hydroxyl groups excluding tert-OH is 2. The van der Waals surface area contributed by atoms with Gasteiger partial charge in [-0.05, 0) is 11.1 Å². The van der Waals surface area contributed by atoms with Crippen molar-refractivity contribution < 1.29 is 10.2 Å². The van der Waals surface area contributed by atoms with Gasteiger partial charge in [0.1, 0.15) is 0 Å². The normalized spacial score (nSPS) is 23.6. The number of hydrogen-bond donors (Lipinski definition) is 2. The van der Waals surface area contributed by atoms with Crippen molar-refractivity contribution in [1.29, 1.82) is 0 Å². The maximum atomic E-state index is 10.3. The minimum Gasteiger partial charge on any atom is -0.389 e. The van der Waals surface area contributed by atoms with Gasteiger partial charge >= 0.3 is 0 Å². The fraction of sp³-hybridized carbons (Fsp3) is 0.400. The molecule has 128 valence electrons. The van der Waals surface area contributed by atoms with Crippen LogP contribution in [0.15, 0.2) is 60.7 Å². The van der Waals surface area contributed by atoms with E-state index in [1.807, 2.05) is 36.4 Å². The third-order valence-corrected chi connectivity index (χ3v) is 4.57. The molecule has 0 spiro atoms. The van der Waals surface area contributed by atoms with Gasteiger partial charge in [0.05, 0.1) is 12.2 Å². The van der Waals surface area contributed by atoms with Crippen LogP contribution in [0, 0.1) is 0 Å². The van der Waals surface area contributed by atoms with Gasteiger partial charge in [-0.2, -0.15) is 0 Å². The largest absolute Gasteiger partial charge is 0.389 e. The number of β-amino-alcohol motifs (C(OH)–C–C–N with tert-alkyl or cyclic N) is 2. The van der Waals surface area contributed by atoms with Crippen LogP contribution in [0.1, 0.15) is 11.1 Å². The van der Waals surface area contributed by atoms with Gasteiger partial charge in [0, 0.05) is 39.3 Å². The number of hydrogen-bond acceptors (Lipinski definition) is 4. The van der Waals surface area contributed by atoms with E-state index < -0.39 is 12.2 Å². The van der Waals surface area contributed by atoms with Gasteiger partial charge in [-0.1, -0.05) is 60.7 Å². The number of aliphatic hydroxyl groups is 2. The Labute approximate surface area is 144 Å². The molecule has 0 saturated carbocycles. The molecule has 1 saturated heterocycles. The molecule has 0 unspecified atom stereocenters. The molecular weight excluding hydrogens is 300 g/mol. The Kier molecular flexibility index (Phi) is 5.99. The SMILES string of the molecule is O[C@H]1CN(Cc2ccccc2)CCN(Cc2ccccc2)C[C@@H]1O. The van der Waals surface area contributed by atoms with Crippen molar-refractivity contribution >= 4 is 0 Å². The van der Waals surface area contributed by atoms with Crippen LogP contribution >= 0.6 is 0 Å². The minimum absolute atomic E-state index is 0.509. The quantitative estimate of drug-likeness (QED) is 0.898. The fourth-order valence-corrected chi connectivity index (χ4v) is 3.21. The summed E-state index contributed by atoms with van der Waals surface area (Å²) in [5.41, 5.74) is 2.46. The van der Waals surface area contributed by atoms with E-state index in [1.54, 1.807) is 0 Å². The van der Waals surface area contributed by atoms with Gasteiger partial charge in [-0.3, -0.25) is 9.80 Å². The zero-order valence-corrected chi connectivity index (χ0v) is 14.0. The van der Waals surface area contributed by atoms with Crippen LogP contribution in [0.25, 0.3) is 0 Å². The molecule has 0 aliphatic carbocycles. The number of benzene rings is 2. The Morgan fingerprint density at radius 2 is 1.04 bits per heavy atom. The highest BCUT2D eigenvalue weighted by Gasteiger charge is 2.25. The Balaban J connectivity index is 1.65. The number of rotatable bonds is 4. The van der Waals surface area contributed by atoms with Gasteiger partial charge in [0.2, 0.25) is 0 Å². The Morgan fingerprint density at radius 1 is 0.667 bits per heavy atom. The molecule has 2 N–H and O–H groups in total. The lowest BCUT2D eigenvalue weighted by Gasteiger charge is -2.35. The summed E-state index contributed by atoms with van der Waals surface area (Å²) in [4.78, 5) is 4.45. The standard InChI is InChI=1S/C20H26N2O2/c23-19-15-21(13-17-7-3-1-4-8-17)11-12-22(16-20(19)24)14-18-9-5-2-6-10-18/h1-10,19-20,23-24H,11-16H2/t19-,20-/m0/s1.